The number of carbonyl (C=O) groups is 1. The molecule has 0 aliphatic carbocycles. The molecule has 0 radical (unpaired) electrons. The molecule has 2 rings (SSSR count). The molecular weight excluding hydrogens is 326 g/mol. The van der Waals surface area contributed by atoms with Crippen LogP contribution in [-0.2, 0) is 14.6 Å². The molecule has 0 saturated heterocycles. The smallest absolute Gasteiger partial charge is 0.339 e. The van der Waals surface area contributed by atoms with Gasteiger partial charge in [-0.25, -0.2) is 13.2 Å². The van der Waals surface area contributed by atoms with Gasteiger partial charge >= 0.3 is 5.97 Å². The van der Waals surface area contributed by atoms with E-state index < -0.39 is 22.0 Å². The van der Waals surface area contributed by atoms with Gasteiger partial charge in [0, 0.05) is 6.42 Å². The fourth-order valence-electron chi connectivity index (χ4n) is 2.19. The van der Waals surface area contributed by atoms with E-state index >= 15 is 0 Å². The normalized spacial score (nSPS) is 12.8. The SMILES string of the molecule is CN(C)C(CCS(=O)(=O)c1ccccc1)OC(=O)c1ccccc1. The number of esters is 1. The summed E-state index contributed by atoms with van der Waals surface area (Å²) in [5.74, 6) is -0.562. The van der Waals surface area contributed by atoms with Crippen LogP contribution in [0.25, 0.3) is 0 Å². The second kappa shape index (κ2) is 8.08. The van der Waals surface area contributed by atoms with Gasteiger partial charge in [-0.15, -0.1) is 0 Å². The first-order valence-electron chi connectivity index (χ1n) is 7.60. The number of nitrogens with zero attached hydrogens (tertiary/aromatic N) is 1. The van der Waals surface area contributed by atoms with Crippen LogP contribution in [0.3, 0.4) is 0 Å². The van der Waals surface area contributed by atoms with E-state index in [1.807, 2.05) is 6.07 Å². The molecule has 0 aromatic heterocycles. The number of hydrogen-bond donors (Lipinski definition) is 0. The third-order valence-corrected chi connectivity index (χ3v) is 5.33. The Morgan fingerprint density at radius 2 is 1.54 bits per heavy atom. The van der Waals surface area contributed by atoms with Crippen LogP contribution in [0, 0.1) is 0 Å². The molecule has 1 atom stereocenters. The molecule has 0 saturated carbocycles. The van der Waals surface area contributed by atoms with Gasteiger partial charge in [0.05, 0.1) is 16.2 Å². The zero-order valence-corrected chi connectivity index (χ0v) is 14.6. The molecule has 0 amide bonds. The number of carbonyl (C=O) groups excluding carboxylic acids is 1. The Morgan fingerprint density at radius 3 is 2.08 bits per heavy atom. The summed E-state index contributed by atoms with van der Waals surface area (Å²) in [6, 6.07) is 16.9. The number of benzene rings is 2. The Morgan fingerprint density at radius 1 is 1.00 bits per heavy atom. The molecule has 0 bridgehead atoms. The van der Waals surface area contributed by atoms with E-state index in [1.165, 1.54) is 0 Å². The Bertz CT molecular complexity index is 758. The topological polar surface area (TPSA) is 63.7 Å². The van der Waals surface area contributed by atoms with Crippen molar-refractivity contribution in [3.8, 4) is 0 Å². The van der Waals surface area contributed by atoms with E-state index in [1.54, 1.807) is 73.6 Å². The molecule has 5 nitrogen and oxygen atoms in total. The summed E-state index contributed by atoms with van der Waals surface area (Å²) in [5, 5.41) is 0. The van der Waals surface area contributed by atoms with Gasteiger partial charge in [0.2, 0.25) is 0 Å². The summed E-state index contributed by atoms with van der Waals surface area (Å²) in [4.78, 5) is 14.1. The van der Waals surface area contributed by atoms with Crippen LogP contribution in [0.1, 0.15) is 16.8 Å². The van der Waals surface area contributed by atoms with Crippen molar-refractivity contribution in [1.29, 1.82) is 0 Å². The molecule has 0 spiro atoms. The van der Waals surface area contributed by atoms with Gasteiger partial charge in [-0.2, -0.15) is 0 Å². The molecule has 0 aliphatic rings. The lowest BCUT2D eigenvalue weighted by molar-refractivity contribution is -0.0152. The Kier molecular flexibility index (Phi) is 6.11. The zero-order chi connectivity index (χ0) is 17.6. The molecule has 2 aromatic rings. The molecular formula is C18H21NO4S. The fourth-order valence-corrected chi connectivity index (χ4v) is 3.51. The van der Waals surface area contributed by atoms with E-state index in [-0.39, 0.29) is 17.1 Å². The highest BCUT2D eigenvalue weighted by atomic mass is 32.2. The van der Waals surface area contributed by atoms with Crippen LogP contribution >= 0.6 is 0 Å². The minimum Gasteiger partial charge on any atom is -0.443 e. The van der Waals surface area contributed by atoms with Crippen LogP contribution in [0.4, 0.5) is 0 Å². The van der Waals surface area contributed by atoms with E-state index in [0.29, 0.717) is 5.56 Å². The summed E-state index contributed by atoms with van der Waals surface area (Å²) < 4.78 is 30.2. The van der Waals surface area contributed by atoms with Crippen molar-refractivity contribution in [1.82, 2.24) is 4.90 Å². The largest absolute Gasteiger partial charge is 0.443 e. The minimum atomic E-state index is -3.41. The first-order chi connectivity index (χ1) is 11.4. The van der Waals surface area contributed by atoms with E-state index in [4.69, 9.17) is 4.74 Å². The van der Waals surface area contributed by atoms with Crippen LogP contribution in [0.5, 0.6) is 0 Å². The predicted octanol–water partition coefficient (Wildman–Crippen LogP) is 2.60. The lowest BCUT2D eigenvalue weighted by Gasteiger charge is -2.24. The summed E-state index contributed by atoms with van der Waals surface area (Å²) in [7, 11) is 0.0889. The fraction of sp³-hybridized carbons (Fsp3) is 0.278. The third kappa shape index (κ3) is 4.91. The number of sulfone groups is 1. The van der Waals surface area contributed by atoms with Gasteiger partial charge in [0.15, 0.2) is 16.1 Å². The van der Waals surface area contributed by atoms with Crippen LogP contribution in [-0.4, -0.2) is 45.4 Å². The molecule has 2 aromatic carbocycles. The number of rotatable bonds is 7. The van der Waals surface area contributed by atoms with E-state index in [0.717, 1.165) is 0 Å². The van der Waals surface area contributed by atoms with Crippen LogP contribution in [0.15, 0.2) is 65.6 Å². The van der Waals surface area contributed by atoms with Gasteiger partial charge in [-0.1, -0.05) is 36.4 Å². The Labute approximate surface area is 142 Å². The number of ether oxygens (including phenoxy) is 1. The van der Waals surface area contributed by atoms with Gasteiger partial charge < -0.3 is 4.74 Å². The molecule has 6 heteroatoms. The minimum absolute atomic E-state index is 0.0953. The summed E-state index contributed by atoms with van der Waals surface area (Å²) in [6.07, 6.45) is -0.417. The summed E-state index contributed by atoms with van der Waals surface area (Å²) >= 11 is 0. The Hall–Kier alpha value is -2.18. The molecule has 128 valence electrons. The van der Waals surface area contributed by atoms with Crippen molar-refractivity contribution in [2.24, 2.45) is 0 Å². The molecule has 0 N–H and O–H groups in total. The standard InChI is InChI=1S/C18H21NO4S/c1-19(2)17(23-18(20)15-9-5-3-6-10-15)13-14-24(21,22)16-11-7-4-8-12-16/h3-12,17H,13-14H2,1-2H3. The van der Waals surface area contributed by atoms with Gasteiger partial charge in [-0.3, -0.25) is 4.90 Å². The van der Waals surface area contributed by atoms with Crippen molar-refractivity contribution in [3.63, 3.8) is 0 Å². The quantitative estimate of drug-likeness (QED) is 0.569. The second-order valence-electron chi connectivity index (χ2n) is 5.61. The zero-order valence-electron chi connectivity index (χ0n) is 13.8. The summed E-state index contributed by atoms with van der Waals surface area (Å²) in [6.45, 7) is 0. The van der Waals surface area contributed by atoms with Gasteiger partial charge in [0.1, 0.15) is 0 Å². The highest BCUT2D eigenvalue weighted by molar-refractivity contribution is 7.91. The molecule has 1 unspecified atom stereocenters. The predicted molar refractivity (Wildman–Crippen MR) is 92.4 cm³/mol. The molecule has 0 heterocycles. The highest BCUT2D eigenvalue weighted by Crippen LogP contribution is 2.15. The highest BCUT2D eigenvalue weighted by Gasteiger charge is 2.22. The Balaban J connectivity index is 2.03. The maximum absolute atomic E-state index is 12.4. The lowest BCUT2D eigenvalue weighted by atomic mass is 10.2. The van der Waals surface area contributed by atoms with Crippen molar-refractivity contribution < 1.29 is 17.9 Å². The van der Waals surface area contributed by atoms with Crippen molar-refractivity contribution in [2.75, 3.05) is 19.8 Å². The second-order valence-corrected chi connectivity index (χ2v) is 7.72. The monoisotopic (exact) mass is 347 g/mol. The van der Waals surface area contributed by atoms with Crippen LogP contribution < -0.4 is 0 Å². The van der Waals surface area contributed by atoms with Gasteiger partial charge in [0.25, 0.3) is 0 Å². The first-order valence-corrected chi connectivity index (χ1v) is 9.25. The first kappa shape index (κ1) is 18.2. The molecule has 0 fully saturated rings. The average Bonchev–Trinajstić information content (AvgIpc) is 2.59. The average molecular weight is 347 g/mol. The molecule has 0 aliphatic heterocycles. The van der Waals surface area contributed by atoms with E-state index in [2.05, 4.69) is 0 Å². The van der Waals surface area contributed by atoms with E-state index in [9.17, 15) is 13.2 Å². The maximum atomic E-state index is 12.4. The number of hydrogen-bond acceptors (Lipinski definition) is 5. The lowest BCUT2D eigenvalue weighted by Crippen LogP contribution is -2.34. The summed E-state index contributed by atoms with van der Waals surface area (Å²) in [5.41, 5.74) is 0.440. The third-order valence-electron chi connectivity index (χ3n) is 3.56. The van der Waals surface area contributed by atoms with Crippen LogP contribution in [0.2, 0.25) is 0 Å². The maximum Gasteiger partial charge on any atom is 0.339 e. The van der Waals surface area contributed by atoms with Crippen molar-refractivity contribution >= 4 is 15.8 Å². The molecule has 24 heavy (non-hydrogen) atoms. The van der Waals surface area contributed by atoms with Crippen molar-refractivity contribution in [2.45, 2.75) is 17.5 Å². The van der Waals surface area contributed by atoms with Crippen molar-refractivity contribution in [3.05, 3.63) is 66.2 Å². The van der Waals surface area contributed by atoms with Gasteiger partial charge in [-0.05, 0) is 38.4 Å².